The molecule has 6 aromatic carbocycles. The molecule has 0 saturated heterocycles. The number of benzene rings is 6. The van der Waals surface area contributed by atoms with E-state index in [0.717, 1.165) is 34.4 Å². The van der Waals surface area contributed by atoms with Crippen LogP contribution in [-0.4, -0.2) is 4.98 Å². The molecule has 1 heterocycles. The molecule has 4 bridgehead atoms. The maximum absolute atomic E-state index is 9.43. The van der Waals surface area contributed by atoms with Crippen LogP contribution in [0.25, 0.3) is 67.0 Å². The van der Waals surface area contributed by atoms with Crippen LogP contribution in [0.15, 0.2) is 152 Å². The van der Waals surface area contributed by atoms with E-state index in [1.807, 2.05) is 12.1 Å². The molecule has 4 fully saturated rings. The highest BCUT2D eigenvalue weighted by Crippen LogP contribution is 2.69. The first kappa shape index (κ1) is 32.4. The number of hydrogen-bond acceptors (Lipinski definition) is 2. The number of rotatable bonds is 5. The van der Waals surface area contributed by atoms with Crippen molar-refractivity contribution in [1.82, 2.24) is 4.98 Å². The molecule has 2 heteroatoms. The van der Waals surface area contributed by atoms with Crippen molar-refractivity contribution in [3.05, 3.63) is 174 Å². The molecule has 7 aromatic rings. The molecule has 0 unspecified atom stereocenters. The molecule has 55 heavy (non-hydrogen) atoms. The Hall–Kier alpha value is -6.04. The van der Waals surface area contributed by atoms with E-state index in [9.17, 15) is 5.26 Å². The number of pyridine rings is 1. The minimum atomic E-state index is 0.0931. The summed E-state index contributed by atoms with van der Waals surface area (Å²) < 4.78 is 0. The maximum atomic E-state index is 9.43. The van der Waals surface area contributed by atoms with Gasteiger partial charge in [-0.3, -0.25) is 0 Å². The van der Waals surface area contributed by atoms with Gasteiger partial charge in [0.1, 0.15) is 0 Å². The highest BCUT2D eigenvalue weighted by molar-refractivity contribution is 5.88. The van der Waals surface area contributed by atoms with Gasteiger partial charge in [-0.15, -0.1) is 0 Å². The molecule has 4 saturated carbocycles. The lowest BCUT2D eigenvalue weighted by Crippen LogP contribution is -2.55. The van der Waals surface area contributed by atoms with Gasteiger partial charge in [0.25, 0.3) is 0 Å². The zero-order chi connectivity index (χ0) is 36.7. The molecule has 5 aliphatic carbocycles. The Balaban J connectivity index is 0.995. The summed E-state index contributed by atoms with van der Waals surface area (Å²) in [6.07, 6.45) is 6.90. The van der Waals surface area contributed by atoms with Crippen LogP contribution in [0.1, 0.15) is 54.4 Å². The molecule has 1 aromatic heterocycles. The topological polar surface area (TPSA) is 36.7 Å². The summed E-state index contributed by atoms with van der Waals surface area (Å²) in [5.41, 5.74) is 19.6. The Kier molecular flexibility index (Phi) is 7.37. The predicted molar refractivity (Wildman–Crippen MR) is 224 cm³/mol. The third-order valence-corrected chi connectivity index (χ3v) is 13.8. The molecule has 12 rings (SSSR count). The number of nitriles is 1. The lowest BCUT2D eigenvalue weighted by molar-refractivity contribution is -0.0399. The second-order valence-electron chi connectivity index (χ2n) is 16.8. The number of aryl methyl sites for hydroxylation is 1. The van der Waals surface area contributed by atoms with Crippen LogP contribution in [0, 0.1) is 41.9 Å². The fourth-order valence-electron chi connectivity index (χ4n) is 11.6. The Morgan fingerprint density at radius 1 is 0.473 bits per heavy atom. The number of fused-ring (bicyclic) bond motifs is 3. The zero-order valence-corrected chi connectivity index (χ0v) is 31.2. The van der Waals surface area contributed by atoms with Crippen LogP contribution >= 0.6 is 0 Å². The molecule has 0 N–H and O–H groups in total. The van der Waals surface area contributed by atoms with E-state index in [2.05, 4.69) is 153 Å². The Bertz CT molecular complexity index is 2630. The van der Waals surface area contributed by atoms with Crippen molar-refractivity contribution in [2.45, 2.75) is 44.4 Å². The van der Waals surface area contributed by atoms with Crippen molar-refractivity contribution >= 4 is 0 Å². The SMILES string of the molecule is Cc1cccc(-c2cc(-c3ccc(-c4ccc5c(c4)-c4ccc(-c6ccc(C#N)cc6)cc4C54C5CC6CC(C5)CC4C6)cc3)cc(-c3ccccc3)n2)c1. The van der Waals surface area contributed by atoms with E-state index < -0.39 is 0 Å². The summed E-state index contributed by atoms with van der Waals surface area (Å²) >= 11 is 0. The third kappa shape index (κ3) is 5.17. The second kappa shape index (κ2) is 12.5. The van der Waals surface area contributed by atoms with Crippen molar-refractivity contribution in [3.8, 4) is 73.1 Å². The average Bonchev–Trinajstić information content (AvgIpc) is 3.52. The molecule has 0 atom stereocenters. The van der Waals surface area contributed by atoms with Gasteiger partial charge in [-0.2, -0.15) is 5.26 Å². The molecular weight excluding hydrogens is 665 g/mol. The van der Waals surface area contributed by atoms with Crippen LogP contribution in [0.2, 0.25) is 0 Å². The number of aromatic nitrogens is 1. The minimum Gasteiger partial charge on any atom is -0.248 e. The largest absolute Gasteiger partial charge is 0.248 e. The van der Waals surface area contributed by atoms with E-state index in [1.54, 1.807) is 11.1 Å². The molecule has 1 spiro atoms. The van der Waals surface area contributed by atoms with Crippen LogP contribution in [0.3, 0.4) is 0 Å². The molecule has 2 nitrogen and oxygen atoms in total. The quantitative estimate of drug-likeness (QED) is 0.179. The Labute approximate surface area is 324 Å². The van der Waals surface area contributed by atoms with Gasteiger partial charge >= 0.3 is 0 Å². The van der Waals surface area contributed by atoms with Crippen LogP contribution in [0.4, 0.5) is 0 Å². The summed E-state index contributed by atoms with van der Waals surface area (Å²) in [5.74, 6) is 3.21. The normalized spacial score (nSPS) is 22.7. The number of hydrogen-bond donors (Lipinski definition) is 0. The first-order chi connectivity index (χ1) is 27.0. The van der Waals surface area contributed by atoms with Crippen LogP contribution < -0.4 is 0 Å². The third-order valence-electron chi connectivity index (χ3n) is 13.8. The van der Waals surface area contributed by atoms with E-state index in [-0.39, 0.29) is 5.41 Å². The van der Waals surface area contributed by atoms with Crippen LogP contribution in [-0.2, 0) is 5.41 Å². The predicted octanol–water partition coefficient (Wildman–Crippen LogP) is 13.3. The first-order valence-corrected chi connectivity index (χ1v) is 20.1. The summed E-state index contributed by atoms with van der Waals surface area (Å²) in [6.45, 7) is 2.14. The fraction of sp³-hybridized carbons (Fsp3) is 0.208. The standard InChI is InChI=1S/C53H42N2/c1-33-6-5-9-43(22-33)52-31-44(30-51(55-52)40-7-3-2-4-8-40)39-16-14-38(15-17-39)41-19-21-49-48(28-41)47-20-18-42(37-12-10-34(32-54)11-13-37)29-50(47)53(49)45-24-35-23-36(26-45)27-46(53)25-35/h2-22,28-31,35-36,45-46H,23-27H2,1H3. The molecule has 0 aliphatic heterocycles. The molecular formula is C53H42N2. The zero-order valence-electron chi connectivity index (χ0n) is 31.2. The van der Waals surface area contributed by atoms with Gasteiger partial charge in [-0.1, -0.05) is 115 Å². The summed E-state index contributed by atoms with van der Waals surface area (Å²) in [5, 5.41) is 9.43. The van der Waals surface area contributed by atoms with E-state index >= 15 is 0 Å². The lowest BCUT2D eigenvalue weighted by atomic mass is 9.43. The van der Waals surface area contributed by atoms with Crippen molar-refractivity contribution in [3.63, 3.8) is 0 Å². The highest BCUT2D eigenvalue weighted by atomic mass is 14.7. The van der Waals surface area contributed by atoms with Gasteiger partial charge in [0.05, 0.1) is 23.0 Å². The van der Waals surface area contributed by atoms with E-state index in [1.165, 1.54) is 82.2 Å². The number of nitrogens with zero attached hydrogens (tertiary/aromatic N) is 2. The average molecular weight is 707 g/mol. The van der Waals surface area contributed by atoms with Gasteiger partial charge in [0, 0.05) is 16.5 Å². The molecule has 0 radical (unpaired) electrons. The van der Waals surface area contributed by atoms with Gasteiger partial charge < -0.3 is 0 Å². The monoisotopic (exact) mass is 706 g/mol. The first-order valence-electron chi connectivity index (χ1n) is 20.1. The van der Waals surface area contributed by atoms with Crippen molar-refractivity contribution in [1.29, 1.82) is 5.26 Å². The highest BCUT2D eigenvalue weighted by Gasteiger charge is 2.61. The summed E-state index contributed by atoms with van der Waals surface area (Å²) in [7, 11) is 0. The summed E-state index contributed by atoms with van der Waals surface area (Å²) in [4.78, 5) is 5.14. The van der Waals surface area contributed by atoms with Gasteiger partial charge in [-0.25, -0.2) is 4.98 Å². The Morgan fingerprint density at radius 2 is 1.05 bits per heavy atom. The molecule has 264 valence electrons. The van der Waals surface area contributed by atoms with Gasteiger partial charge in [0.2, 0.25) is 0 Å². The minimum absolute atomic E-state index is 0.0931. The van der Waals surface area contributed by atoms with Crippen molar-refractivity contribution < 1.29 is 0 Å². The van der Waals surface area contributed by atoms with Crippen molar-refractivity contribution in [2.24, 2.45) is 23.7 Å². The van der Waals surface area contributed by atoms with Crippen molar-refractivity contribution in [2.75, 3.05) is 0 Å². The maximum Gasteiger partial charge on any atom is 0.0991 e. The van der Waals surface area contributed by atoms with E-state index in [4.69, 9.17) is 4.98 Å². The summed E-state index contributed by atoms with van der Waals surface area (Å²) in [6, 6.07) is 57.9. The molecule has 0 amide bonds. The molecule has 5 aliphatic rings. The second-order valence-corrected chi connectivity index (χ2v) is 16.8. The van der Waals surface area contributed by atoms with Gasteiger partial charge in [-0.05, 0) is 161 Å². The smallest absolute Gasteiger partial charge is 0.0991 e. The van der Waals surface area contributed by atoms with Crippen LogP contribution in [0.5, 0.6) is 0 Å². The lowest BCUT2D eigenvalue weighted by Gasteiger charge is -2.61. The van der Waals surface area contributed by atoms with Gasteiger partial charge in [0.15, 0.2) is 0 Å². The fourth-order valence-corrected chi connectivity index (χ4v) is 11.6. The van der Waals surface area contributed by atoms with E-state index in [0.29, 0.717) is 17.4 Å². The Morgan fingerprint density at radius 3 is 1.73 bits per heavy atom.